The first-order chi connectivity index (χ1) is 17.6. The van der Waals surface area contributed by atoms with Crippen LogP contribution >= 0.6 is 0 Å². The van der Waals surface area contributed by atoms with E-state index in [2.05, 4.69) is 20.9 Å². The summed E-state index contributed by atoms with van der Waals surface area (Å²) < 4.78 is 50.7. The van der Waals surface area contributed by atoms with Gasteiger partial charge in [0.1, 0.15) is 17.1 Å². The zero-order valence-electron chi connectivity index (χ0n) is 19.4. The van der Waals surface area contributed by atoms with Crippen molar-refractivity contribution in [2.75, 3.05) is 17.7 Å². The van der Waals surface area contributed by atoms with Gasteiger partial charge in [0.2, 0.25) is 0 Å². The molecular weight excluding hydrogens is 588 g/mol. The van der Waals surface area contributed by atoms with Gasteiger partial charge in [-0.15, -0.1) is 35.5 Å². The van der Waals surface area contributed by atoms with Crippen molar-refractivity contribution in [1.82, 2.24) is 0 Å². The maximum atomic E-state index is 10.4. The third kappa shape index (κ3) is 9.63. The van der Waals surface area contributed by atoms with Crippen molar-refractivity contribution < 1.29 is 52.5 Å². The molecule has 12 nitrogen and oxygen atoms in total. The van der Waals surface area contributed by atoms with E-state index in [1.165, 1.54) is 0 Å². The summed E-state index contributed by atoms with van der Waals surface area (Å²) in [5.41, 5.74) is 2.81. The Balaban J connectivity index is 0.000000709. The van der Waals surface area contributed by atoms with Gasteiger partial charge in [0, 0.05) is 29.5 Å². The van der Waals surface area contributed by atoms with Gasteiger partial charge < -0.3 is 20.8 Å². The fraction of sp³-hybridized carbons (Fsp3) is 0.0435. The minimum Gasteiger partial charge on any atom is -0.506 e. The van der Waals surface area contributed by atoms with E-state index in [9.17, 15) is 10.2 Å². The molecule has 0 fully saturated rings. The van der Waals surface area contributed by atoms with Crippen LogP contribution in [-0.2, 0) is 38.3 Å². The quantitative estimate of drug-likeness (QED) is 0.143. The minimum absolute atomic E-state index is 0. The normalized spacial score (nSPS) is 9.71. The van der Waals surface area contributed by atoms with Gasteiger partial charge >= 0.3 is 21.2 Å². The van der Waals surface area contributed by atoms with Gasteiger partial charge in [-0.25, -0.2) is 0 Å². The van der Waals surface area contributed by atoms with Crippen LogP contribution in [0.15, 0.2) is 89.1 Å². The van der Waals surface area contributed by atoms with Crippen LogP contribution in [0.5, 0.6) is 11.5 Å². The van der Waals surface area contributed by atoms with Crippen LogP contribution in [0, 0.1) is 0 Å². The predicted octanol–water partition coefficient (Wildman–Crippen LogP) is 4.44. The molecular formula is C23H20CuN4O8S2. The molecule has 0 saturated carbocycles. The number of phenolic OH excluding ortho intramolecular Hbond substituents is 2. The Bertz CT molecular complexity index is 1610. The van der Waals surface area contributed by atoms with Crippen LogP contribution in [0.3, 0.4) is 0 Å². The van der Waals surface area contributed by atoms with Gasteiger partial charge in [-0.05, 0) is 35.7 Å². The van der Waals surface area contributed by atoms with Crippen molar-refractivity contribution in [1.29, 1.82) is 0 Å². The first-order valence-corrected chi connectivity index (χ1v) is 12.2. The Kier molecular flexibility index (Phi) is 13.1. The smallest absolute Gasteiger partial charge is 0.425 e. The summed E-state index contributed by atoms with van der Waals surface area (Å²) in [6.07, 6.45) is 0. The van der Waals surface area contributed by atoms with E-state index in [1.54, 1.807) is 43.4 Å². The van der Waals surface area contributed by atoms with Crippen molar-refractivity contribution in [2.24, 2.45) is 10.2 Å². The Morgan fingerprint density at radius 3 is 1.87 bits per heavy atom. The number of para-hydroxylation sites is 3. The van der Waals surface area contributed by atoms with Gasteiger partial charge in [-0.2, -0.15) is 0 Å². The molecule has 0 spiro atoms. The van der Waals surface area contributed by atoms with Crippen molar-refractivity contribution in [3.8, 4) is 11.5 Å². The molecule has 0 saturated heterocycles. The van der Waals surface area contributed by atoms with E-state index in [4.69, 9.17) is 25.3 Å². The second kappa shape index (κ2) is 15.7. The molecule has 38 heavy (non-hydrogen) atoms. The van der Waals surface area contributed by atoms with Gasteiger partial charge in [-0.3, -0.25) is 0 Å². The first kappa shape index (κ1) is 31.7. The summed E-state index contributed by atoms with van der Waals surface area (Å²) in [4.78, 5) is 0. The second-order valence-electron chi connectivity index (χ2n) is 6.86. The molecule has 0 aliphatic rings. The number of phenols is 2. The Morgan fingerprint density at radius 1 is 0.658 bits per heavy atom. The molecule has 0 aliphatic heterocycles. The molecule has 15 heteroatoms. The van der Waals surface area contributed by atoms with Crippen LogP contribution in [0.25, 0.3) is 10.8 Å². The number of anilines is 3. The largest absolute Gasteiger partial charge is 0.506 e. The van der Waals surface area contributed by atoms with Gasteiger partial charge in [0.15, 0.2) is 5.75 Å². The van der Waals surface area contributed by atoms with Crippen molar-refractivity contribution >= 4 is 60.4 Å². The molecule has 0 unspecified atom stereocenters. The van der Waals surface area contributed by atoms with Gasteiger partial charge in [-0.1, -0.05) is 48.5 Å². The first-order valence-electron chi connectivity index (χ1n) is 10.2. The minimum atomic E-state index is -3.11. The predicted molar refractivity (Wildman–Crippen MR) is 137 cm³/mol. The van der Waals surface area contributed by atoms with Crippen molar-refractivity contribution in [3.05, 3.63) is 78.9 Å². The zero-order valence-corrected chi connectivity index (χ0v) is 21.9. The number of benzene rings is 4. The molecule has 203 valence electrons. The molecule has 0 bridgehead atoms. The van der Waals surface area contributed by atoms with Gasteiger partial charge in [0.05, 0.1) is 17.1 Å². The summed E-state index contributed by atoms with van der Waals surface area (Å²) in [5, 5.41) is 37.3. The van der Waals surface area contributed by atoms with Crippen LogP contribution in [-0.4, -0.2) is 42.5 Å². The average molecular weight is 608 g/mol. The van der Waals surface area contributed by atoms with Crippen LogP contribution in [0.1, 0.15) is 0 Å². The van der Waals surface area contributed by atoms with E-state index < -0.39 is 21.2 Å². The third-order valence-electron chi connectivity index (χ3n) is 4.62. The Morgan fingerprint density at radius 2 is 1.24 bits per heavy atom. The second-order valence-corrected chi connectivity index (χ2v) is 7.67. The fourth-order valence-electron chi connectivity index (χ4n) is 3.11. The number of azo groups is 1. The maximum absolute atomic E-state index is 10.4. The van der Waals surface area contributed by atoms with Crippen LogP contribution in [0.2, 0.25) is 0 Å². The number of hydrogen-bond donors (Lipinski definition) is 4. The molecule has 0 aliphatic carbocycles. The third-order valence-corrected chi connectivity index (χ3v) is 4.62. The topological polar surface area (TPSA) is 192 Å². The molecule has 4 N–H and O–H groups in total. The number of rotatable bonds is 5. The maximum Gasteiger partial charge on any atom is 0.425 e. The van der Waals surface area contributed by atoms with Crippen molar-refractivity contribution in [3.63, 3.8) is 0 Å². The molecule has 0 heterocycles. The number of nitrogens with one attached hydrogen (secondary N) is 2. The summed E-state index contributed by atoms with van der Waals surface area (Å²) in [6, 6.07) is 24.0. The van der Waals surface area contributed by atoms with Crippen LogP contribution < -0.4 is 10.6 Å². The number of hydrogen-bond acceptors (Lipinski definition) is 12. The zero-order chi connectivity index (χ0) is 27.4. The summed E-state index contributed by atoms with van der Waals surface area (Å²) in [6.45, 7) is 0. The van der Waals surface area contributed by atoms with E-state index in [0.717, 1.165) is 10.8 Å². The summed E-state index contributed by atoms with van der Waals surface area (Å²) >= 11 is 0. The van der Waals surface area contributed by atoms with Gasteiger partial charge in [0.25, 0.3) is 0 Å². The fourth-order valence-corrected chi connectivity index (χ4v) is 3.11. The number of fused-ring (bicyclic) bond motifs is 1. The number of nitrogens with zero attached hydrogens (tertiary/aromatic N) is 2. The summed E-state index contributed by atoms with van der Waals surface area (Å²) in [5.74, 6) is 0.178. The average Bonchev–Trinajstić information content (AvgIpc) is 2.85. The molecule has 0 atom stereocenters. The molecule has 1 radical (unpaired) electrons. The molecule has 4 aromatic rings. The molecule has 0 aromatic heterocycles. The number of aromatic hydroxyl groups is 2. The van der Waals surface area contributed by atoms with E-state index >= 15 is 0 Å². The van der Waals surface area contributed by atoms with E-state index in [1.807, 2.05) is 42.5 Å². The van der Waals surface area contributed by atoms with Crippen molar-refractivity contribution in [2.45, 2.75) is 0 Å². The molecule has 4 aromatic carbocycles. The molecule has 4 rings (SSSR count). The summed E-state index contributed by atoms with van der Waals surface area (Å²) in [7, 11) is -4.49. The van der Waals surface area contributed by atoms with Crippen LogP contribution in [0.4, 0.5) is 28.4 Å². The standard InChI is InChI=1S/C23H20N4O2.Cu.2O3S/c1-24-19-10-6-11-20(23(19)29)26-27-22-16-8-3-2-7-15(16)13-14-18(22)25-17-9-4-5-12-21(17)28;;2*1-4(2)3/h2-14,24-25,28-29H,1H3;;;. The van der Waals surface area contributed by atoms with E-state index in [-0.39, 0.29) is 28.6 Å². The SMILES string of the molecule is CNc1cccc(N=Nc2c(Nc3ccccc3O)ccc3ccccc23)c1O.O=S(=O)=O.O=S(=O)=O.[Cu]. The monoisotopic (exact) mass is 607 g/mol. The molecule has 0 amide bonds. The van der Waals surface area contributed by atoms with E-state index in [0.29, 0.717) is 28.4 Å². The Hall–Kier alpha value is -4.30. The Labute approximate surface area is 230 Å².